The van der Waals surface area contributed by atoms with E-state index in [1.807, 2.05) is 16.4 Å². The van der Waals surface area contributed by atoms with Gasteiger partial charge in [-0.2, -0.15) is 0 Å². The monoisotopic (exact) mass is 441 g/mol. The number of amides is 1. The van der Waals surface area contributed by atoms with Gasteiger partial charge in [0.05, 0.1) is 13.2 Å². The van der Waals surface area contributed by atoms with Crippen LogP contribution in [0.15, 0.2) is 42.5 Å². The molecule has 7 nitrogen and oxygen atoms in total. The Kier molecular flexibility index (Phi) is 6.45. The highest BCUT2D eigenvalue weighted by Gasteiger charge is 2.24. The molecular weight excluding hydrogens is 416 g/mol. The highest BCUT2D eigenvalue weighted by molar-refractivity contribution is 5.94. The van der Waals surface area contributed by atoms with Crippen molar-refractivity contribution >= 4 is 5.91 Å². The van der Waals surface area contributed by atoms with Gasteiger partial charge in [-0.25, -0.2) is 8.78 Å². The molecule has 2 aromatic carbocycles. The number of rotatable bonds is 6. The summed E-state index contributed by atoms with van der Waals surface area (Å²) in [5, 5.41) is 11.5. The van der Waals surface area contributed by atoms with Gasteiger partial charge in [-0.1, -0.05) is 12.1 Å². The van der Waals surface area contributed by atoms with Crippen LogP contribution in [-0.4, -0.2) is 45.8 Å². The van der Waals surface area contributed by atoms with E-state index in [-0.39, 0.29) is 24.1 Å². The number of benzene rings is 2. The molecule has 0 bridgehead atoms. The molecule has 0 radical (unpaired) electrons. The third kappa shape index (κ3) is 4.62. The molecule has 1 atom stereocenters. The van der Waals surface area contributed by atoms with Crippen LogP contribution in [0.3, 0.4) is 0 Å². The molecule has 32 heavy (non-hydrogen) atoms. The van der Waals surface area contributed by atoms with Crippen LogP contribution in [0.1, 0.15) is 40.5 Å². The standard InChI is InChI=1S/C23H25F2N5O2/c1-15(26-23(31)16-5-3-6-17(13-16)32-2)22-28-27-21-9-10-29(11-12-30(21)22)14-18-19(24)7-4-8-20(18)25/h3-8,13,15H,9-12,14H2,1-2H3,(H,26,31). The van der Waals surface area contributed by atoms with Crippen molar-refractivity contribution in [3.63, 3.8) is 0 Å². The maximum atomic E-state index is 14.0. The zero-order valence-corrected chi connectivity index (χ0v) is 18.0. The normalized spacial score (nSPS) is 15.0. The SMILES string of the molecule is COc1cccc(C(=O)NC(C)c2nnc3n2CCN(Cc2c(F)cccc2F)CC3)c1. The van der Waals surface area contributed by atoms with Crippen molar-refractivity contribution in [2.75, 3.05) is 20.2 Å². The minimum absolute atomic E-state index is 0.0734. The number of hydrogen-bond acceptors (Lipinski definition) is 5. The molecule has 3 aromatic rings. The largest absolute Gasteiger partial charge is 0.497 e. The fourth-order valence-electron chi connectivity index (χ4n) is 3.88. The number of fused-ring (bicyclic) bond motifs is 1. The first-order chi connectivity index (χ1) is 15.5. The van der Waals surface area contributed by atoms with Crippen molar-refractivity contribution in [2.24, 2.45) is 0 Å². The van der Waals surface area contributed by atoms with Crippen LogP contribution in [-0.2, 0) is 19.5 Å². The summed E-state index contributed by atoms with van der Waals surface area (Å²) in [5.74, 6) is 0.729. The molecule has 168 valence electrons. The average molecular weight is 441 g/mol. The highest BCUT2D eigenvalue weighted by atomic mass is 19.1. The van der Waals surface area contributed by atoms with Crippen molar-refractivity contribution < 1.29 is 18.3 Å². The van der Waals surface area contributed by atoms with E-state index >= 15 is 0 Å². The molecule has 0 saturated heterocycles. The summed E-state index contributed by atoms with van der Waals surface area (Å²) in [6, 6.07) is 10.5. The highest BCUT2D eigenvalue weighted by Crippen LogP contribution is 2.20. The molecule has 1 aliphatic heterocycles. The molecule has 0 saturated carbocycles. The molecule has 1 aliphatic rings. The number of carbonyl (C=O) groups is 1. The zero-order chi connectivity index (χ0) is 22.7. The van der Waals surface area contributed by atoms with Crippen molar-refractivity contribution in [2.45, 2.75) is 32.5 Å². The molecule has 2 heterocycles. The smallest absolute Gasteiger partial charge is 0.251 e. The van der Waals surface area contributed by atoms with E-state index in [4.69, 9.17) is 4.74 Å². The van der Waals surface area contributed by atoms with E-state index in [1.54, 1.807) is 31.4 Å². The van der Waals surface area contributed by atoms with E-state index in [1.165, 1.54) is 18.2 Å². The van der Waals surface area contributed by atoms with E-state index in [0.717, 1.165) is 5.82 Å². The Labute approximate surface area is 185 Å². The maximum absolute atomic E-state index is 14.0. The van der Waals surface area contributed by atoms with Gasteiger partial charge in [-0.05, 0) is 37.3 Å². The number of halogens is 2. The summed E-state index contributed by atoms with van der Waals surface area (Å²) >= 11 is 0. The van der Waals surface area contributed by atoms with Crippen LogP contribution in [0.2, 0.25) is 0 Å². The van der Waals surface area contributed by atoms with Crippen molar-refractivity contribution in [3.8, 4) is 5.75 Å². The van der Waals surface area contributed by atoms with Crippen LogP contribution in [0.25, 0.3) is 0 Å². The van der Waals surface area contributed by atoms with Crippen LogP contribution in [0, 0.1) is 11.6 Å². The molecule has 1 unspecified atom stereocenters. The number of nitrogens with one attached hydrogen (secondary N) is 1. The summed E-state index contributed by atoms with van der Waals surface area (Å²) in [7, 11) is 1.55. The number of hydrogen-bond donors (Lipinski definition) is 1. The minimum Gasteiger partial charge on any atom is -0.497 e. The van der Waals surface area contributed by atoms with Gasteiger partial charge in [0.25, 0.3) is 5.91 Å². The summed E-state index contributed by atoms with van der Waals surface area (Å²) in [5.41, 5.74) is 0.564. The van der Waals surface area contributed by atoms with Gasteiger partial charge >= 0.3 is 0 Å². The summed E-state index contributed by atoms with van der Waals surface area (Å²) in [6.07, 6.45) is 0.597. The Hall–Kier alpha value is -3.33. The number of ether oxygens (including phenoxy) is 1. The van der Waals surface area contributed by atoms with E-state index < -0.39 is 11.6 Å². The molecule has 1 aromatic heterocycles. The number of carbonyl (C=O) groups excluding carboxylic acids is 1. The Morgan fingerprint density at radius 2 is 1.88 bits per heavy atom. The van der Waals surface area contributed by atoms with Crippen molar-refractivity contribution in [1.82, 2.24) is 25.0 Å². The molecule has 0 fully saturated rings. The lowest BCUT2D eigenvalue weighted by Gasteiger charge is -2.20. The zero-order valence-electron chi connectivity index (χ0n) is 18.0. The second kappa shape index (κ2) is 9.44. The number of nitrogens with zero attached hydrogens (tertiary/aromatic N) is 4. The van der Waals surface area contributed by atoms with Gasteiger partial charge in [0, 0.05) is 43.7 Å². The van der Waals surface area contributed by atoms with Crippen LogP contribution in [0.4, 0.5) is 8.78 Å². The first kappa shape index (κ1) is 21.9. The minimum atomic E-state index is -0.539. The third-order valence-corrected chi connectivity index (χ3v) is 5.66. The van der Waals surface area contributed by atoms with Crippen molar-refractivity contribution in [1.29, 1.82) is 0 Å². The number of methoxy groups -OCH3 is 1. The Morgan fingerprint density at radius 3 is 2.62 bits per heavy atom. The quantitative estimate of drug-likeness (QED) is 0.637. The topological polar surface area (TPSA) is 72.3 Å². The lowest BCUT2D eigenvalue weighted by Crippen LogP contribution is -2.30. The van der Waals surface area contributed by atoms with Crippen LogP contribution in [0.5, 0.6) is 5.75 Å². The van der Waals surface area contributed by atoms with Crippen LogP contribution < -0.4 is 10.1 Å². The fourth-order valence-corrected chi connectivity index (χ4v) is 3.88. The van der Waals surface area contributed by atoms with Gasteiger partial charge in [-0.15, -0.1) is 10.2 Å². The maximum Gasteiger partial charge on any atom is 0.251 e. The van der Waals surface area contributed by atoms with E-state index in [2.05, 4.69) is 15.5 Å². The average Bonchev–Trinajstić information content (AvgIpc) is 3.10. The first-order valence-electron chi connectivity index (χ1n) is 10.5. The Balaban J connectivity index is 1.44. The van der Waals surface area contributed by atoms with E-state index in [9.17, 15) is 13.6 Å². The van der Waals surface area contributed by atoms with E-state index in [0.29, 0.717) is 43.2 Å². The molecule has 1 N–H and O–H groups in total. The fraction of sp³-hybridized carbons (Fsp3) is 0.348. The molecule has 9 heteroatoms. The molecular formula is C23H25F2N5O2. The second-order valence-electron chi connectivity index (χ2n) is 7.78. The Bertz CT molecular complexity index is 1100. The Morgan fingerprint density at radius 1 is 1.12 bits per heavy atom. The van der Waals surface area contributed by atoms with Gasteiger partial charge < -0.3 is 14.6 Å². The second-order valence-corrected chi connectivity index (χ2v) is 7.78. The third-order valence-electron chi connectivity index (χ3n) is 5.66. The lowest BCUT2D eigenvalue weighted by atomic mass is 10.2. The lowest BCUT2D eigenvalue weighted by molar-refractivity contribution is 0.0937. The molecule has 0 aliphatic carbocycles. The van der Waals surface area contributed by atoms with Gasteiger partial charge in [0.2, 0.25) is 0 Å². The summed E-state index contributed by atoms with van der Waals surface area (Å²) in [6.45, 7) is 3.80. The molecule has 4 rings (SSSR count). The van der Waals surface area contributed by atoms with Gasteiger partial charge in [0.15, 0.2) is 5.82 Å². The summed E-state index contributed by atoms with van der Waals surface area (Å²) < 4.78 is 35.3. The number of aromatic nitrogens is 3. The predicted octanol–water partition coefficient (Wildman–Crippen LogP) is 3.11. The summed E-state index contributed by atoms with van der Waals surface area (Å²) in [4.78, 5) is 14.7. The molecule has 1 amide bonds. The molecule has 0 spiro atoms. The van der Waals surface area contributed by atoms with Crippen molar-refractivity contribution in [3.05, 3.63) is 76.9 Å². The first-order valence-corrected chi connectivity index (χ1v) is 10.5. The van der Waals surface area contributed by atoms with Gasteiger partial charge in [0.1, 0.15) is 23.2 Å². The van der Waals surface area contributed by atoms with Crippen LogP contribution >= 0.6 is 0 Å². The predicted molar refractivity (Wildman–Crippen MR) is 114 cm³/mol. The van der Waals surface area contributed by atoms with Gasteiger partial charge in [-0.3, -0.25) is 9.69 Å².